The molecule has 0 fully saturated rings. The van der Waals surface area contributed by atoms with E-state index in [1.807, 2.05) is 0 Å². The zero-order chi connectivity index (χ0) is 13.8. The summed E-state index contributed by atoms with van der Waals surface area (Å²) in [5.41, 5.74) is 3.13. The first-order valence-corrected chi connectivity index (χ1v) is 5.88. The maximum Gasteiger partial charge on any atom is 0.320 e. The maximum atomic E-state index is 11.5. The lowest BCUT2D eigenvalue weighted by Crippen LogP contribution is -2.33. The van der Waals surface area contributed by atoms with Crippen molar-refractivity contribution >= 4 is 23.5 Å². The highest BCUT2D eigenvalue weighted by atomic mass is 16.5. The van der Waals surface area contributed by atoms with Crippen LogP contribution in [0.3, 0.4) is 0 Å². The van der Waals surface area contributed by atoms with E-state index < -0.39 is 0 Å². The van der Waals surface area contributed by atoms with Crippen molar-refractivity contribution in [3.63, 3.8) is 0 Å². The first kappa shape index (κ1) is 13.1. The van der Waals surface area contributed by atoms with Gasteiger partial charge in [-0.25, -0.2) is 10.2 Å². The summed E-state index contributed by atoms with van der Waals surface area (Å²) in [7, 11) is 0. The number of rotatable bonds is 4. The van der Waals surface area contributed by atoms with Crippen molar-refractivity contribution in [2.24, 2.45) is 11.0 Å². The summed E-state index contributed by atoms with van der Waals surface area (Å²) in [6.07, 6.45) is 0.506. The van der Waals surface area contributed by atoms with Crippen LogP contribution in [-0.4, -0.2) is 29.4 Å². The standard InChI is InChI=1S/C11H15N5O3/c1-6-5-9(16-19-6)13-11(18)12-4-3-8-7(2)14-15-10(8)17/h5,8H,3-4H2,1-2H3,(H,15,17)(H2,12,13,16,18). The number of carbonyl (C=O) groups excluding carboxylic acids is 2. The lowest BCUT2D eigenvalue weighted by Gasteiger charge is -2.08. The van der Waals surface area contributed by atoms with Gasteiger partial charge in [-0.3, -0.25) is 10.1 Å². The van der Waals surface area contributed by atoms with E-state index in [4.69, 9.17) is 4.52 Å². The Morgan fingerprint density at radius 2 is 2.32 bits per heavy atom. The van der Waals surface area contributed by atoms with Crippen LogP contribution in [0, 0.1) is 12.8 Å². The molecule has 3 amide bonds. The Labute approximate surface area is 109 Å². The van der Waals surface area contributed by atoms with Gasteiger partial charge in [-0.2, -0.15) is 5.10 Å². The summed E-state index contributed by atoms with van der Waals surface area (Å²) in [6, 6.07) is 1.22. The van der Waals surface area contributed by atoms with Crippen LogP contribution in [0.5, 0.6) is 0 Å². The molecular formula is C11H15N5O3. The molecular weight excluding hydrogens is 250 g/mol. The average Bonchev–Trinajstić information content (AvgIpc) is 2.89. The van der Waals surface area contributed by atoms with Gasteiger partial charge >= 0.3 is 6.03 Å². The average molecular weight is 265 g/mol. The molecule has 19 heavy (non-hydrogen) atoms. The Balaban J connectivity index is 1.72. The highest BCUT2D eigenvalue weighted by Gasteiger charge is 2.26. The van der Waals surface area contributed by atoms with Crippen molar-refractivity contribution in [3.8, 4) is 0 Å². The molecule has 1 aromatic rings. The van der Waals surface area contributed by atoms with Gasteiger partial charge < -0.3 is 9.84 Å². The summed E-state index contributed by atoms with van der Waals surface area (Å²) in [5.74, 6) is 0.567. The van der Waals surface area contributed by atoms with Gasteiger partial charge in [0.25, 0.3) is 0 Å². The Kier molecular flexibility index (Phi) is 3.79. The number of hydrogen-bond acceptors (Lipinski definition) is 5. The fraction of sp³-hybridized carbons (Fsp3) is 0.455. The summed E-state index contributed by atoms with van der Waals surface area (Å²) in [4.78, 5) is 22.9. The van der Waals surface area contributed by atoms with Crippen LogP contribution in [0.4, 0.5) is 10.6 Å². The van der Waals surface area contributed by atoms with E-state index in [0.29, 0.717) is 24.5 Å². The number of urea groups is 1. The molecule has 1 unspecified atom stereocenters. The molecule has 0 saturated heterocycles. The fourth-order valence-corrected chi connectivity index (χ4v) is 1.74. The maximum absolute atomic E-state index is 11.5. The number of aryl methyl sites for hydroxylation is 1. The van der Waals surface area contributed by atoms with Gasteiger partial charge in [-0.1, -0.05) is 5.16 Å². The Bertz CT molecular complexity index is 522. The van der Waals surface area contributed by atoms with E-state index in [2.05, 4.69) is 26.3 Å². The third-order valence-electron chi connectivity index (χ3n) is 2.75. The van der Waals surface area contributed by atoms with E-state index in [-0.39, 0.29) is 17.9 Å². The fourth-order valence-electron chi connectivity index (χ4n) is 1.74. The second-order valence-corrected chi connectivity index (χ2v) is 4.27. The summed E-state index contributed by atoms with van der Waals surface area (Å²) in [6.45, 7) is 3.88. The smallest absolute Gasteiger partial charge is 0.320 e. The van der Waals surface area contributed by atoms with Gasteiger partial charge in [0.05, 0.1) is 5.92 Å². The molecule has 3 N–H and O–H groups in total. The normalized spacial score (nSPS) is 17.9. The van der Waals surface area contributed by atoms with Crippen molar-refractivity contribution in [2.75, 3.05) is 11.9 Å². The third kappa shape index (κ3) is 3.30. The molecule has 1 aliphatic rings. The van der Waals surface area contributed by atoms with Gasteiger partial charge in [0.15, 0.2) is 5.82 Å². The van der Waals surface area contributed by atoms with Crippen molar-refractivity contribution in [1.82, 2.24) is 15.9 Å². The molecule has 0 bridgehead atoms. The molecule has 2 heterocycles. The molecule has 0 aliphatic carbocycles. The summed E-state index contributed by atoms with van der Waals surface area (Å²) < 4.78 is 4.82. The zero-order valence-corrected chi connectivity index (χ0v) is 10.7. The molecule has 1 aliphatic heterocycles. The first-order valence-electron chi connectivity index (χ1n) is 5.88. The number of aromatic nitrogens is 1. The molecule has 1 atom stereocenters. The predicted molar refractivity (Wildman–Crippen MR) is 67.6 cm³/mol. The van der Waals surface area contributed by atoms with Gasteiger partial charge in [0, 0.05) is 18.3 Å². The molecule has 102 valence electrons. The van der Waals surface area contributed by atoms with E-state index in [9.17, 15) is 9.59 Å². The molecule has 0 radical (unpaired) electrons. The minimum atomic E-state index is -0.388. The lowest BCUT2D eigenvalue weighted by molar-refractivity contribution is -0.122. The molecule has 2 rings (SSSR count). The topological polar surface area (TPSA) is 109 Å². The quantitative estimate of drug-likeness (QED) is 0.741. The number of carbonyl (C=O) groups is 2. The minimum absolute atomic E-state index is 0.133. The second kappa shape index (κ2) is 5.51. The number of nitrogens with one attached hydrogen (secondary N) is 3. The van der Waals surface area contributed by atoms with Crippen LogP contribution in [0.15, 0.2) is 15.7 Å². The molecule has 0 saturated carbocycles. The Hall–Kier alpha value is -2.38. The van der Waals surface area contributed by atoms with E-state index in [0.717, 1.165) is 5.71 Å². The number of hydrazone groups is 1. The van der Waals surface area contributed by atoms with Crippen LogP contribution in [-0.2, 0) is 4.79 Å². The van der Waals surface area contributed by atoms with Crippen molar-refractivity contribution in [1.29, 1.82) is 0 Å². The van der Waals surface area contributed by atoms with Crippen molar-refractivity contribution < 1.29 is 14.1 Å². The zero-order valence-electron chi connectivity index (χ0n) is 10.7. The Morgan fingerprint density at radius 1 is 1.53 bits per heavy atom. The van der Waals surface area contributed by atoms with Gasteiger partial charge in [-0.05, 0) is 20.3 Å². The van der Waals surface area contributed by atoms with Crippen LogP contribution in [0.1, 0.15) is 19.1 Å². The SMILES string of the molecule is CC1=NNC(=O)C1CCNC(=O)Nc1cc(C)on1. The monoisotopic (exact) mass is 265 g/mol. The molecule has 1 aromatic heterocycles. The molecule has 0 aromatic carbocycles. The van der Waals surface area contributed by atoms with E-state index in [1.54, 1.807) is 19.9 Å². The number of anilines is 1. The number of amides is 3. The van der Waals surface area contributed by atoms with Crippen molar-refractivity contribution in [3.05, 3.63) is 11.8 Å². The molecule has 8 heteroatoms. The van der Waals surface area contributed by atoms with Crippen LogP contribution in [0.25, 0.3) is 0 Å². The summed E-state index contributed by atoms with van der Waals surface area (Å²) in [5, 5.41) is 12.6. The number of nitrogens with zero attached hydrogens (tertiary/aromatic N) is 2. The lowest BCUT2D eigenvalue weighted by atomic mass is 10.0. The summed E-state index contributed by atoms with van der Waals surface area (Å²) >= 11 is 0. The van der Waals surface area contributed by atoms with Crippen LogP contribution >= 0.6 is 0 Å². The third-order valence-corrected chi connectivity index (χ3v) is 2.75. The predicted octanol–water partition coefficient (Wildman–Crippen LogP) is 0.617. The Morgan fingerprint density at radius 3 is 2.89 bits per heavy atom. The van der Waals surface area contributed by atoms with Crippen LogP contribution < -0.4 is 16.1 Å². The van der Waals surface area contributed by atoms with E-state index >= 15 is 0 Å². The number of hydrogen-bond donors (Lipinski definition) is 3. The minimum Gasteiger partial charge on any atom is -0.360 e. The van der Waals surface area contributed by atoms with Gasteiger partial charge in [0.1, 0.15) is 5.76 Å². The molecule has 8 nitrogen and oxygen atoms in total. The van der Waals surface area contributed by atoms with Gasteiger partial charge in [-0.15, -0.1) is 0 Å². The van der Waals surface area contributed by atoms with Gasteiger partial charge in [0.2, 0.25) is 5.91 Å². The van der Waals surface area contributed by atoms with E-state index in [1.165, 1.54) is 0 Å². The van der Waals surface area contributed by atoms with Crippen LogP contribution in [0.2, 0.25) is 0 Å². The first-order chi connectivity index (χ1) is 9.06. The highest BCUT2D eigenvalue weighted by molar-refractivity contribution is 6.06. The second-order valence-electron chi connectivity index (χ2n) is 4.27. The highest BCUT2D eigenvalue weighted by Crippen LogP contribution is 2.10. The van der Waals surface area contributed by atoms with Crippen molar-refractivity contribution in [2.45, 2.75) is 20.3 Å². The largest absolute Gasteiger partial charge is 0.360 e. The molecule has 0 spiro atoms.